The van der Waals surface area contributed by atoms with Crippen LogP contribution in [0.4, 0.5) is 22.3 Å². The number of nitrogens with zero attached hydrogens (tertiary/aromatic N) is 4. The van der Waals surface area contributed by atoms with Crippen LogP contribution in [0.1, 0.15) is 52.9 Å². The summed E-state index contributed by atoms with van der Waals surface area (Å²) in [7, 11) is 1.76. The lowest BCUT2D eigenvalue weighted by atomic mass is 9.99. The van der Waals surface area contributed by atoms with Crippen molar-refractivity contribution in [2.24, 2.45) is 0 Å². The number of carbonyl (C=O) groups excluding carboxylic acids is 1. The Morgan fingerprint density at radius 1 is 1.00 bits per heavy atom. The Hall–Kier alpha value is -3.41. The first-order valence-electron chi connectivity index (χ1n) is 12.7. The van der Waals surface area contributed by atoms with Crippen molar-refractivity contribution in [3.05, 3.63) is 64.5 Å². The van der Waals surface area contributed by atoms with E-state index in [4.69, 9.17) is 5.26 Å². The van der Waals surface area contributed by atoms with Gasteiger partial charge in [-0.2, -0.15) is 5.26 Å². The highest BCUT2D eigenvalue weighted by Crippen LogP contribution is 2.32. The monoisotopic (exact) mass is 500 g/mol. The minimum atomic E-state index is -0.113. The van der Waals surface area contributed by atoms with Crippen molar-refractivity contribution in [1.29, 1.82) is 5.26 Å². The van der Waals surface area contributed by atoms with Crippen LogP contribution in [0.25, 0.3) is 0 Å². The number of thiazole rings is 1. The molecule has 2 aliphatic rings. The highest BCUT2D eigenvalue weighted by Gasteiger charge is 2.25. The van der Waals surface area contributed by atoms with Crippen molar-refractivity contribution in [2.45, 2.75) is 38.1 Å². The largest absolute Gasteiger partial charge is 0.372 e. The second-order valence-electron chi connectivity index (χ2n) is 9.45. The molecule has 1 aromatic heterocycles. The first kappa shape index (κ1) is 24.3. The van der Waals surface area contributed by atoms with Crippen molar-refractivity contribution in [1.82, 2.24) is 9.88 Å². The molecule has 36 heavy (non-hydrogen) atoms. The van der Waals surface area contributed by atoms with E-state index in [-0.39, 0.29) is 5.78 Å². The van der Waals surface area contributed by atoms with Crippen LogP contribution in [-0.2, 0) is 0 Å². The summed E-state index contributed by atoms with van der Waals surface area (Å²) in [6.07, 6.45) is 6.58. The number of aromatic nitrogens is 1. The molecule has 0 saturated carbocycles. The van der Waals surface area contributed by atoms with Crippen LogP contribution in [0.3, 0.4) is 0 Å². The number of ketones is 1. The molecule has 0 spiro atoms. The fourth-order valence-electron chi connectivity index (χ4n) is 5.18. The van der Waals surface area contributed by atoms with E-state index in [1.807, 2.05) is 0 Å². The standard InChI is InChI=1S/C28H32N6OS/c1-30-27-26(25(35)21-7-5-20(19-29)6-8-21)36-28(32-27)31-22-9-11-23(12-10-22)34-17-13-24(14-18-34)33-15-3-2-4-16-33/h5-12,24,30H,2-4,13-18H2,1H3,(H,31,32). The highest BCUT2D eigenvalue weighted by atomic mass is 32.1. The van der Waals surface area contributed by atoms with Crippen molar-refractivity contribution in [3.63, 3.8) is 0 Å². The molecule has 2 aliphatic heterocycles. The molecule has 0 aliphatic carbocycles. The summed E-state index contributed by atoms with van der Waals surface area (Å²) in [6, 6.07) is 18.0. The van der Waals surface area contributed by atoms with Gasteiger partial charge in [0.25, 0.3) is 0 Å². The van der Waals surface area contributed by atoms with Gasteiger partial charge < -0.3 is 20.4 Å². The first-order chi connectivity index (χ1) is 17.6. The van der Waals surface area contributed by atoms with E-state index in [1.165, 1.54) is 62.2 Å². The van der Waals surface area contributed by atoms with Crippen molar-refractivity contribution < 1.29 is 4.79 Å². The molecule has 3 heterocycles. The molecule has 186 valence electrons. The quantitative estimate of drug-likeness (QED) is 0.415. The maximum Gasteiger partial charge on any atom is 0.206 e. The van der Waals surface area contributed by atoms with Gasteiger partial charge in [-0.25, -0.2) is 4.98 Å². The molecule has 8 heteroatoms. The zero-order valence-corrected chi connectivity index (χ0v) is 21.5. The van der Waals surface area contributed by atoms with Gasteiger partial charge in [-0.05, 0) is 87.3 Å². The third-order valence-electron chi connectivity index (χ3n) is 7.20. The van der Waals surface area contributed by atoms with E-state index in [2.05, 4.69) is 55.8 Å². The number of benzene rings is 2. The molecule has 2 aromatic carbocycles. The number of rotatable bonds is 7. The van der Waals surface area contributed by atoms with Crippen molar-refractivity contribution >= 4 is 39.4 Å². The molecule has 2 N–H and O–H groups in total. The summed E-state index contributed by atoms with van der Waals surface area (Å²) >= 11 is 1.32. The maximum atomic E-state index is 13.0. The van der Waals surface area contributed by atoms with Crippen LogP contribution >= 0.6 is 11.3 Å². The molecular formula is C28H32N6OS. The van der Waals surface area contributed by atoms with Crippen LogP contribution < -0.4 is 15.5 Å². The van der Waals surface area contributed by atoms with Gasteiger partial charge in [-0.15, -0.1) is 0 Å². The number of hydrogen-bond acceptors (Lipinski definition) is 8. The number of nitrogens with one attached hydrogen (secondary N) is 2. The summed E-state index contributed by atoms with van der Waals surface area (Å²) in [5, 5.41) is 16.0. The predicted octanol–water partition coefficient (Wildman–Crippen LogP) is 5.49. The van der Waals surface area contributed by atoms with Crippen LogP contribution in [0, 0.1) is 11.3 Å². The zero-order valence-electron chi connectivity index (χ0n) is 20.7. The SMILES string of the molecule is CNc1nc(Nc2ccc(N3CCC(N4CCCCC4)CC3)cc2)sc1C(=O)c1ccc(C#N)cc1. The molecule has 3 aromatic rings. The second kappa shape index (κ2) is 11.1. The first-order valence-corrected chi connectivity index (χ1v) is 13.6. The Morgan fingerprint density at radius 2 is 1.69 bits per heavy atom. The van der Waals surface area contributed by atoms with Gasteiger partial charge in [-0.3, -0.25) is 4.79 Å². The van der Waals surface area contributed by atoms with Crippen LogP contribution in [0.15, 0.2) is 48.5 Å². The van der Waals surface area contributed by atoms with Gasteiger partial charge in [0, 0.05) is 43.1 Å². The maximum absolute atomic E-state index is 13.0. The molecule has 0 unspecified atom stereocenters. The number of anilines is 4. The van der Waals surface area contributed by atoms with Gasteiger partial charge >= 0.3 is 0 Å². The van der Waals surface area contributed by atoms with E-state index in [0.717, 1.165) is 24.8 Å². The Balaban J connectivity index is 1.21. The van der Waals surface area contributed by atoms with Crippen LogP contribution in [0.2, 0.25) is 0 Å². The Kier molecular flexibility index (Phi) is 7.49. The van der Waals surface area contributed by atoms with Gasteiger partial charge in [0.1, 0.15) is 4.88 Å². The predicted molar refractivity (Wildman–Crippen MR) is 147 cm³/mol. The lowest BCUT2D eigenvalue weighted by Gasteiger charge is -2.41. The van der Waals surface area contributed by atoms with Gasteiger partial charge in [-0.1, -0.05) is 17.8 Å². The van der Waals surface area contributed by atoms with E-state index in [0.29, 0.717) is 27.0 Å². The molecular weight excluding hydrogens is 468 g/mol. The zero-order chi connectivity index (χ0) is 24.9. The van der Waals surface area contributed by atoms with Crippen LogP contribution in [-0.4, -0.2) is 54.9 Å². The number of likely N-dealkylation sites (tertiary alicyclic amines) is 1. The van der Waals surface area contributed by atoms with E-state index < -0.39 is 0 Å². The summed E-state index contributed by atoms with van der Waals surface area (Å²) < 4.78 is 0. The minimum Gasteiger partial charge on any atom is -0.372 e. The molecule has 5 rings (SSSR count). The molecule has 0 amide bonds. The van der Waals surface area contributed by atoms with E-state index in [9.17, 15) is 4.79 Å². The normalized spacial score (nSPS) is 16.9. The Morgan fingerprint density at radius 3 is 2.33 bits per heavy atom. The topological polar surface area (TPSA) is 84.3 Å². The smallest absolute Gasteiger partial charge is 0.206 e. The van der Waals surface area contributed by atoms with Gasteiger partial charge in [0.05, 0.1) is 11.6 Å². The van der Waals surface area contributed by atoms with E-state index in [1.54, 1.807) is 31.3 Å². The summed E-state index contributed by atoms with van der Waals surface area (Å²) in [6.45, 7) is 4.76. The summed E-state index contributed by atoms with van der Waals surface area (Å²) in [4.78, 5) is 23.4. The van der Waals surface area contributed by atoms with Gasteiger partial charge in [0.2, 0.25) is 5.78 Å². The molecule has 0 bridgehead atoms. The Bertz CT molecular complexity index is 1220. The molecule has 2 fully saturated rings. The molecule has 0 radical (unpaired) electrons. The highest BCUT2D eigenvalue weighted by molar-refractivity contribution is 7.18. The van der Waals surface area contributed by atoms with Crippen molar-refractivity contribution in [3.8, 4) is 6.07 Å². The van der Waals surface area contributed by atoms with Crippen molar-refractivity contribution in [2.75, 3.05) is 48.8 Å². The number of piperidine rings is 2. The lowest BCUT2D eigenvalue weighted by Crippen LogP contribution is -2.46. The fraction of sp³-hybridized carbons (Fsp3) is 0.393. The summed E-state index contributed by atoms with van der Waals surface area (Å²) in [5.74, 6) is 0.433. The lowest BCUT2D eigenvalue weighted by molar-refractivity contribution is 0.104. The number of nitriles is 1. The summed E-state index contributed by atoms with van der Waals surface area (Å²) in [5.41, 5.74) is 3.26. The molecule has 0 atom stereocenters. The number of carbonyl (C=O) groups is 1. The average Bonchev–Trinajstić information content (AvgIpc) is 3.36. The second-order valence-corrected chi connectivity index (χ2v) is 10.5. The van der Waals surface area contributed by atoms with Crippen LogP contribution in [0.5, 0.6) is 0 Å². The molecule has 2 saturated heterocycles. The third kappa shape index (κ3) is 5.38. The van der Waals surface area contributed by atoms with Gasteiger partial charge in [0.15, 0.2) is 10.9 Å². The third-order valence-corrected chi connectivity index (χ3v) is 8.17. The number of hydrogen-bond donors (Lipinski definition) is 2. The average molecular weight is 501 g/mol. The van der Waals surface area contributed by atoms with E-state index >= 15 is 0 Å². The minimum absolute atomic E-state index is 0.113. The Labute approximate surface area is 216 Å². The molecule has 7 nitrogen and oxygen atoms in total. The fourth-order valence-corrected chi connectivity index (χ4v) is 6.13.